The van der Waals surface area contributed by atoms with Crippen LogP contribution in [0.4, 0.5) is 5.13 Å². The van der Waals surface area contributed by atoms with E-state index < -0.39 is 40.3 Å². The minimum absolute atomic E-state index is 0.102. The molecule has 1 fully saturated rings. The third kappa shape index (κ3) is 4.73. The number of carbonyl (C=O) groups excluding carboxylic acids is 2. The van der Waals surface area contributed by atoms with E-state index in [4.69, 9.17) is 10.6 Å². The van der Waals surface area contributed by atoms with E-state index in [0.29, 0.717) is 5.57 Å². The van der Waals surface area contributed by atoms with Gasteiger partial charge >= 0.3 is 17.1 Å². The number of aryl methyl sites for hydroxylation is 1. The number of nitrogens with zero attached hydrogens (tertiary/aromatic N) is 5. The third-order valence-corrected chi connectivity index (χ3v) is 8.15. The number of rotatable bonds is 8. The number of anilines is 1. The van der Waals surface area contributed by atoms with Crippen LogP contribution in [0.15, 0.2) is 36.6 Å². The van der Waals surface area contributed by atoms with E-state index in [9.17, 15) is 29.1 Å². The maximum absolute atomic E-state index is 12.9. The number of hydrogen-bond donors (Lipinski definition) is 4. The molecule has 36 heavy (non-hydrogen) atoms. The van der Waals surface area contributed by atoms with Crippen molar-refractivity contribution in [3.63, 3.8) is 0 Å². The predicted molar refractivity (Wildman–Crippen MR) is 131 cm³/mol. The van der Waals surface area contributed by atoms with E-state index in [1.807, 2.05) is 0 Å². The molecule has 1 saturated heterocycles. The summed E-state index contributed by atoms with van der Waals surface area (Å²) in [5.74, 6) is -2.30. The van der Waals surface area contributed by atoms with Gasteiger partial charge in [-0.3, -0.25) is 33.9 Å². The number of thioether (sulfide) groups is 2. The fourth-order valence-corrected chi connectivity index (χ4v) is 6.39. The molecule has 2 aliphatic rings. The molecule has 18 heteroatoms. The minimum Gasteiger partial charge on any atom is -0.477 e. The number of aliphatic carboxylic acids is 1. The fourth-order valence-electron chi connectivity index (χ4n) is 3.44. The topological polar surface area (TPSA) is 215 Å². The molecule has 2 atom stereocenters. The number of aromatic amines is 1. The van der Waals surface area contributed by atoms with Gasteiger partial charge in [0, 0.05) is 23.9 Å². The number of aromatic nitrogens is 4. The lowest BCUT2D eigenvalue weighted by Crippen LogP contribution is -2.71. The summed E-state index contributed by atoms with van der Waals surface area (Å²) in [5.41, 5.74) is 4.00. The van der Waals surface area contributed by atoms with Gasteiger partial charge in [-0.1, -0.05) is 16.9 Å². The zero-order chi connectivity index (χ0) is 26.1. The van der Waals surface area contributed by atoms with Gasteiger partial charge in [0.05, 0.1) is 0 Å². The predicted octanol–water partition coefficient (Wildman–Crippen LogP) is -1.61. The van der Waals surface area contributed by atoms with Gasteiger partial charge < -0.3 is 21.0 Å². The number of amides is 2. The summed E-state index contributed by atoms with van der Waals surface area (Å²) in [6.07, 6.45) is 0. The summed E-state index contributed by atoms with van der Waals surface area (Å²) >= 11 is 3.41. The first-order chi connectivity index (χ1) is 17.1. The average Bonchev–Trinajstić information content (AvgIpc) is 3.27. The number of carbonyl (C=O) groups is 3. The number of carboxylic acids is 1. The molecule has 0 unspecified atom stereocenters. The molecular formula is C18H18N8O7S3. The first-order valence-corrected chi connectivity index (χ1v) is 12.9. The molecule has 0 spiro atoms. The number of hydrogen-bond acceptors (Lipinski definition) is 13. The van der Waals surface area contributed by atoms with Crippen molar-refractivity contribution in [1.29, 1.82) is 0 Å². The number of nitrogen functional groups attached to an aromatic ring is 1. The Morgan fingerprint density at radius 3 is 2.78 bits per heavy atom. The van der Waals surface area contributed by atoms with Crippen LogP contribution in [0.3, 0.4) is 0 Å². The molecule has 0 bridgehead atoms. The van der Waals surface area contributed by atoms with E-state index in [0.717, 1.165) is 28.0 Å². The highest BCUT2D eigenvalue weighted by molar-refractivity contribution is 8.01. The Morgan fingerprint density at radius 2 is 2.14 bits per heavy atom. The third-order valence-electron chi connectivity index (χ3n) is 5.02. The summed E-state index contributed by atoms with van der Waals surface area (Å²) < 4.78 is 1.25. The standard InChI is InChI=1S/C18H18N8O7S3/c1-25-18(22-12(28)13(29)23-25)36-4-6-3-34-15-9(14(30)26(15)10(6)16(31)32)21-11(27)8(24-33-2)7-5-35-17(19)20-7/h5,9,15H,3-4H2,1-2H3,(H2,19,20)(H,21,27)(H,23,29)(H,31,32)/t9-,15+/m0/s1. The number of nitrogens with two attached hydrogens (primary N) is 1. The van der Waals surface area contributed by atoms with Crippen LogP contribution in [0.1, 0.15) is 5.69 Å². The van der Waals surface area contributed by atoms with Crippen LogP contribution < -0.4 is 22.2 Å². The second-order valence-corrected chi connectivity index (χ2v) is 10.2. The Balaban J connectivity index is 1.51. The summed E-state index contributed by atoms with van der Waals surface area (Å²) in [4.78, 5) is 74.3. The Morgan fingerprint density at radius 1 is 1.39 bits per heavy atom. The summed E-state index contributed by atoms with van der Waals surface area (Å²) in [6, 6.07) is -0.995. The number of carboxylic acid groups (broad SMARTS) is 1. The van der Waals surface area contributed by atoms with Crippen LogP contribution in [0.5, 0.6) is 0 Å². The van der Waals surface area contributed by atoms with Gasteiger partial charge in [0.1, 0.15) is 29.9 Å². The maximum atomic E-state index is 12.9. The first-order valence-electron chi connectivity index (χ1n) is 9.96. The number of β-lactam (4-membered cyclic amide) rings is 1. The molecule has 190 valence electrons. The van der Waals surface area contributed by atoms with Crippen molar-refractivity contribution in [2.75, 3.05) is 24.3 Å². The molecule has 2 amide bonds. The van der Waals surface area contributed by atoms with Crippen LogP contribution in [0, 0.1) is 0 Å². The molecule has 15 nitrogen and oxygen atoms in total. The summed E-state index contributed by atoms with van der Waals surface area (Å²) in [6.45, 7) is 0. The summed E-state index contributed by atoms with van der Waals surface area (Å²) in [5, 5.41) is 19.6. The van der Waals surface area contributed by atoms with Gasteiger partial charge in [0.15, 0.2) is 16.0 Å². The van der Waals surface area contributed by atoms with Crippen molar-refractivity contribution in [3.8, 4) is 0 Å². The van der Waals surface area contributed by atoms with Crippen molar-refractivity contribution in [3.05, 3.63) is 43.1 Å². The average molecular weight is 555 g/mol. The van der Waals surface area contributed by atoms with Crippen LogP contribution in [-0.4, -0.2) is 83.3 Å². The molecule has 0 saturated carbocycles. The van der Waals surface area contributed by atoms with Crippen molar-refractivity contribution < 1.29 is 24.3 Å². The lowest BCUT2D eigenvalue weighted by Gasteiger charge is -2.49. The zero-order valence-electron chi connectivity index (χ0n) is 18.6. The quantitative estimate of drug-likeness (QED) is 0.0953. The molecule has 0 aromatic carbocycles. The van der Waals surface area contributed by atoms with Crippen molar-refractivity contribution in [2.45, 2.75) is 16.6 Å². The minimum atomic E-state index is -1.31. The largest absolute Gasteiger partial charge is 0.477 e. The normalized spacial score (nSPS) is 19.6. The Hall–Kier alpha value is -3.64. The SMILES string of the molecule is CON=C(C(=O)N[C@H]1C(=O)N2C(C(=O)O)=C(CSc3nc(=O)c(=O)[nH]n3C)CS[C@H]12)c1csc(N)n1. The zero-order valence-corrected chi connectivity index (χ0v) is 21.0. The van der Waals surface area contributed by atoms with Gasteiger partial charge in [0.2, 0.25) is 0 Å². The number of oxime groups is 1. The molecular weight excluding hydrogens is 536 g/mol. The van der Waals surface area contributed by atoms with Crippen LogP contribution in [0.25, 0.3) is 0 Å². The van der Waals surface area contributed by atoms with Gasteiger partial charge in [-0.25, -0.2) is 9.78 Å². The Labute approximate surface area is 213 Å². The van der Waals surface area contributed by atoms with Gasteiger partial charge in [0.25, 0.3) is 11.8 Å². The molecule has 5 N–H and O–H groups in total. The van der Waals surface area contributed by atoms with Crippen molar-refractivity contribution in [1.82, 2.24) is 30.0 Å². The van der Waals surface area contributed by atoms with E-state index in [1.165, 1.54) is 36.0 Å². The molecule has 2 aromatic rings. The fraction of sp³-hybridized carbons (Fsp3) is 0.333. The van der Waals surface area contributed by atoms with Crippen LogP contribution >= 0.6 is 34.9 Å². The smallest absolute Gasteiger partial charge is 0.352 e. The highest BCUT2D eigenvalue weighted by Gasteiger charge is 2.54. The second kappa shape index (κ2) is 10.2. The number of nitrogens with one attached hydrogen (secondary N) is 2. The molecule has 2 aliphatic heterocycles. The van der Waals surface area contributed by atoms with Gasteiger partial charge in [-0.05, 0) is 5.57 Å². The lowest BCUT2D eigenvalue weighted by molar-refractivity contribution is -0.150. The van der Waals surface area contributed by atoms with E-state index in [2.05, 4.69) is 25.5 Å². The highest BCUT2D eigenvalue weighted by atomic mass is 32.2. The van der Waals surface area contributed by atoms with Crippen LogP contribution in [0.2, 0.25) is 0 Å². The monoisotopic (exact) mass is 554 g/mol. The van der Waals surface area contributed by atoms with E-state index in [-0.39, 0.29) is 38.9 Å². The highest BCUT2D eigenvalue weighted by Crippen LogP contribution is 2.41. The van der Waals surface area contributed by atoms with E-state index in [1.54, 1.807) is 0 Å². The van der Waals surface area contributed by atoms with Gasteiger partial charge in [-0.15, -0.1) is 23.1 Å². The summed E-state index contributed by atoms with van der Waals surface area (Å²) in [7, 11) is 2.74. The van der Waals surface area contributed by atoms with E-state index >= 15 is 0 Å². The Kier molecular flexibility index (Phi) is 7.18. The van der Waals surface area contributed by atoms with Crippen molar-refractivity contribution in [2.24, 2.45) is 12.2 Å². The maximum Gasteiger partial charge on any atom is 0.352 e. The van der Waals surface area contributed by atoms with Crippen LogP contribution in [-0.2, 0) is 26.3 Å². The van der Waals surface area contributed by atoms with Crippen molar-refractivity contribution >= 4 is 63.5 Å². The second-order valence-electron chi connectivity index (χ2n) is 7.30. The lowest BCUT2D eigenvalue weighted by atomic mass is 10.0. The number of thiazole rings is 1. The molecule has 4 rings (SSSR count). The molecule has 0 aliphatic carbocycles. The number of H-pyrrole nitrogens is 1. The number of fused-ring (bicyclic) bond motifs is 1. The molecule has 0 radical (unpaired) electrons. The Bertz CT molecular complexity index is 1430. The molecule has 4 heterocycles. The van der Waals surface area contributed by atoms with Gasteiger partial charge in [-0.2, -0.15) is 4.98 Å². The first kappa shape index (κ1) is 25.5. The molecule has 2 aromatic heterocycles.